The number of hydrogen-bond donors (Lipinski definition) is 2. The first-order valence-corrected chi connectivity index (χ1v) is 9.41. The molecule has 29 heavy (non-hydrogen) atoms. The molecule has 6 nitrogen and oxygen atoms in total. The van der Waals surface area contributed by atoms with E-state index >= 15 is 0 Å². The highest BCUT2D eigenvalue weighted by Gasteiger charge is 2.02. The minimum absolute atomic E-state index is 0. The highest BCUT2D eigenvalue weighted by molar-refractivity contribution is 14.0. The first-order valence-electron chi connectivity index (χ1n) is 9.41. The number of aliphatic imine (C=N–C) groups is 1. The molecule has 0 atom stereocenters. The summed E-state index contributed by atoms with van der Waals surface area (Å²) in [7, 11) is 1.67. The lowest BCUT2D eigenvalue weighted by molar-refractivity contribution is 0.414. The number of methoxy groups -OCH3 is 1. The summed E-state index contributed by atoms with van der Waals surface area (Å²) in [6.45, 7) is 2.08. The standard InChI is InChI=1S/C22H26N4O2.HI/c1-27-20-9-7-18(8-10-20)17-26-22(25-15-12-21-6-4-16-28-21)24-14-11-19-5-2-3-13-23-19;/h2-10,13,16H,11-12,14-15,17H2,1H3,(H2,24,25,26);1H. The molecule has 0 unspecified atom stereocenters. The summed E-state index contributed by atoms with van der Waals surface area (Å²) in [5, 5.41) is 6.76. The number of benzene rings is 1. The van der Waals surface area contributed by atoms with Gasteiger partial charge in [-0.1, -0.05) is 18.2 Å². The molecular weight excluding hydrogens is 479 g/mol. The van der Waals surface area contributed by atoms with Crippen LogP contribution in [0.4, 0.5) is 0 Å². The van der Waals surface area contributed by atoms with Gasteiger partial charge in [0.2, 0.25) is 0 Å². The van der Waals surface area contributed by atoms with Crippen LogP contribution in [0.15, 0.2) is 76.5 Å². The van der Waals surface area contributed by atoms with Crippen molar-refractivity contribution in [2.24, 2.45) is 4.99 Å². The third kappa shape index (κ3) is 8.15. The summed E-state index contributed by atoms with van der Waals surface area (Å²) >= 11 is 0. The van der Waals surface area contributed by atoms with Crippen molar-refractivity contribution < 1.29 is 9.15 Å². The molecule has 2 N–H and O–H groups in total. The molecule has 0 bridgehead atoms. The van der Waals surface area contributed by atoms with Crippen LogP contribution in [0.1, 0.15) is 17.0 Å². The van der Waals surface area contributed by atoms with Crippen LogP contribution >= 0.6 is 24.0 Å². The molecule has 0 saturated carbocycles. The summed E-state index contributed by atoms with van der Waals surface area (Å²) in [5.41, 5.74) is 2.18. The number of ether oxygens (including phenoxy) is 1. The number of pyridine rings is 1. The van der Waals surface area contributed by atoms with Gasteiger partial charge in [0.25, 0.3) is 0 Å². The van der Waals surface area contributed by atoms with E-state index in [-0.39, 0.29) is 24.0 Å². The van der Waals surface area contributed by atoms with Gasteiger partial charge in [-0.2, -0.15) is 0 Å². The van der Waals surface area contributed by atoms with Crippen molar-refractivity contribution in [3.05, 3.63) is 84.1 Å². The Morgan fingerprint density at radius 1 is 1.00 bits per heavy atom. The molecule has 2 heterocycles. The summed E-state index contributed by atoms with van der Waals surface area (Å²) in [6, 6.07) is 17.8. The van der Waals surface area contributed by atoms with Crippen molar-refractivity contribution in [1.82, 2.24) is 15.6 Å². The summed E-state index contributed by atoms with van der Waals surface area (Å²) in [5.74, 6) is 2.58. The molecule has 0 spiro atoms. The maximum atomic E-state index is 5.39. The Hall–Kier alpha value is -2.55. The van der Waals surface area contributed by atoms with E-state index in [1.165, 1.54) is 0 Å². The second kappa shape index (κ2) is 12.8. The first-order chi connectivity index (χ1) is 13.8. The molecule has 0 aliphatic rings. The molecule has 0 aliphatic heterocycles. The first kappa shape index (κ1) is 22.7. The summed E-state index contributed by atoms with van der Waals surface area (Å²) in [4.78, 5) is 9.06. The molecule has 0 radical (unpaired) electrons. The van der Waals surface area contributed by atoms with Gasteiger partial charge in [-0.05, 0) is 42.0 Å². The number of nitrogens with one attached hydrogen (secondary N) is 2. The van der Waals surface area contributed by atoms with Crippen molar-refractivity contribution in [2.75, 3.05) is 20.2 Å². The minimum atomic E-state index is 0. The highest BCUT2D eigenvalue weighted by atomic mass is 127. The van der Waals surface area contributed by atoms with E-state index in [0.717, 1.165) is 54.7 Å². The van der Waals surface area contributed by atoms with Gasteiger partial charge < -0.3 is 19.8 Å². The van der Waals surface area contributed by atoms with Gasteiger partial charge in [-0.15, -0.1) is 24.0 Å². The average molecular weight is 506 g/mol. The Labute approximate surface area is 188 Å². The predicted octanol–water partition coefficient (Wildman–Crippen LogP) is 3.82. The van der Waals surface area contributed by atoms with Gasteiger partial charge >= 0.3 is 0 Å². The Balaban J connectivity index is 0.00000300. The Morgan fingerprint density at radius 3 is 2.45 bits per heavy atom. The fraction of sp³-hybridized carbons (Fsp3) is 0.273. The lowest BCUT2D eigenvalue weighted by Gasteiger charge is -2.12. The van der Waals surface area contributed by atoms with Gasteiger partial charge in [-0.25, -0.2) is 4.99 Å². The normalized spacial score (nSPS) is 10.9. The van der Waals surface area contributed by atoms with Gasteiger partial charge in [-0.3, -0.25) is 4.98 Å². The molecule has 7 heteroatoms. The quantitative estimate of drug-likeness (QED) is 0.262. The van der Waals surface area contributed by atoms with Crippen LogP contribution in [0.3, 0.4) is 0 Å². The van der Waals surface area contributed by atoms with Crippen molar-refractivity contribution >= 4 is 29.9 Å². The van der Waals surface area contributed by atoms with Crippen molar-refractivity contribution in [3.8, 4) is 5.75 Å². The summed E-state index contributed by atoms with van der Waals surface area (Å²) < 4.78 is 10.6. The van der Waals surface area contributed by atoms with E-state index in [9.17, 15) is 0 Å². The lowest BCUT2D eigenvalue weighted by Crippen LogP contribution is -2.39. The third-order valence-electron chi connectivity index (χ3n) is 4.22. The molecule has 0 saturated heterocycles. The van der Waals surface area contributed by atoms with Crippen molar-refractivity contribution in [2.45, 2.75) is 19.4 Å². The van der Waals surface area contributed by atoms with E-state index < -0.39 is 0 Å². The maximum absolute atomic E-state index is 5.39. The molecule has 3 rings (SSSR count). The molecular formula is C22H27IN4O2. The third-order valence-corrected chi connectivity index (χ3v) is 4.22. The second-order valence-corrected chi connectivity index (χ2v) is 6.27. The fourth-order valence-corrected chi connectivity index (χ4v) is 2.69. The van der Waals surface area contributed by atoms with E-state index in [0.29, 0.717) is 6.54 Å². The van der Waals surface area contributed by atoms with Crippen LogP contribution in [0, 0.1) is 0 Å². The number of hydrogen-bond acceptors (Lipinski definition) is 4. The molecule has 2 aromatic heterocycles. The van der Waals surface area contributed by atoms with Gasteiger partial charge in [0.15, 0.2) is 5.96 Å². The van der Waals surface area contributed by atoms with E-state index in [1.54, 1.807) is 13.4 Å². The zero-order valence-corrected chi connectivity index (χ0v) is 18.8. The Bertz CT molecular complexity index is 837. The molecule has 3 aromatic rings. The van der Waals surface area contributed by atoms with Crippen LogP contribution in [0.25, 0.3) is 0 Å². The SMILES string of the molecule is COc1ccc(CN=C(NCCc2ccccn2)NCCc2ccco2)cc1.I. The fourth-order valence-electron chi connectivity index (χ4n) is 2.69. The number of aromatic nitrogens is 1. The van der Waals surface area contributed by atoms with Crippen LogP contribution in [0.2, 0.25) is 0 Å². The molecule has 0 amide bonds. The van der Waals surface area contributed by atoms with Crippen molar-refractivity contribution in [1.29, 1.82) is 0 Å². The van der Waals surface area contributed by atoms with E-state index in [4.69, 9.17) is 14.1 Å². The Kier molecular flexibility index (Phi) is 10.1. The smallest absolute Gasteiger partial charge is 0.191 e. The molecule has 0 aliphatic carbocycles. The molecule has 1 aromatic carbocycles. The monoisotopic (exact) mass is 506 g/mol. The van der Waals surface area contributed by atoms with Crippen LogP contribution in [-0.2, 0) is 19.4 Å². The summed E-state index contributed by atoms with van der Waals surface area (Å²) in [6.07, 6.45) is 5.15. The zero-order chi connectivity index (χ0) is 19.4. The minimum Gasteiger partial charge on any atom is -0.497 e. The maximum Gasteiger partial charge on any atom is 0.191 e. The van der Waals surface area contributed by atoms with Crippen molar-refractivity contribution in [3.63, 3.8) is 0 Å². The lowest BCUT2D eigenvalue weighted by atomic mass is 10.2. The highest BCUT2D eigenvalue weighted by Crippen LogP contribution is 2.11. The zero-order valence-electron chi connectivity index (χ0n) is 16.5. The number of halogens is 1. The second-order valence-electron chi connectivity index (χ2n) is 6.27. The van der Waals surface area contributed by atoms with Gasteiger partial charge in [0, 0.05) is 37.8 Å². The van der Waals surface area contributed by atoms with Gasteiger partial charge in [0.1, 0.15) is 11.5 Å². The predicted molar refractivity (Wildman–Crippen MR) is 126 cm³/mol. The average Bonchev–Trinajstić information content (AvgIpc) is 3.26. The van der Waals surface area contributed by atoms with E-state index in [1.807, 2.05) is 60.8 Å². The molecule has 154 valence electrons. The number of rotatable bonds is 9. The largest absolute Gasteiger partial charge is 0.497 e. The van der Waals surface area contributed by atoms with Crippen LogP contribution < -0.4 is 15.4 Å². The number of furan rings is 1. The number of guanidine groups is 1. The Morgan fingerprint density at radius 2 is 1.79 bits per heavy atom. The number of nitrogens with zero attached hydrogens (tertiary/aromatic N) is 2. The van der Waals surface area contributed by atoms with E-state index in [2.05, 4.69) is 15.6 Å². The van der Waals surface area contributed by atoms with Gasteiger partial charge in [0.05, 0.1) is 19.9 Å². The molecule has 0 fully saturated rings. The topological polar surface area (TPSA) is 71.7 Å². The van der Waals surface area contributed by atoms with Crippen LogP contribution in [0.5, 0.6) is 5.75 Å². The van der Waals surface area contributed by atoms with Crippen LogP contribution in [-0.4, -0.2) is 31.1 Å².